The van der Waals surface area contributed by atoms with Crippen molar-refractivity contribution in [1.82, 2.24) is 19.8 Å². The van der Waals surface area contributed by atoms with E-state index in [2.05, 4.69) is 10.3 Å². The van der Waals surface area contributed by atoms with E-state index >= 15 is 0 Å². The zero-order valence-electron chi connectivity index (χ0n) is 18.0. The van der Waals surface area contributed by atoms with Crippen molar-refractivity contribution in [2.24, 2.45) is 7.05 Å². The summed E-state index contributed by atoms with van der Waals surface area (Å²) in [6, 6.07) is 16.8. The number of aromatic nitrogens is 2. The van der Waals surface area contributed by atoms with Gasteiger partial charge in [0.15, 0.2) is 0 Å². The van der Waals surface area contributed by atoms with Crippen LogP contribution in [0, 0.1) is 0 Å². The molecule has 1 fully saturated rings. The van der Waals surface area contributed by atoms with Crippen LogP contribution >= 0.6 is 0 Å². The highest BCUT2D eigenvalue weighted by Gasteiger charge is 2.49. The zero-order valence-corrected chi connectivity index (χ0v) is 18.0. The van der Waals surface area contributed by atoms with E-state index in [1.165, 1.54) is 4.90 Å². The van der Waals surface area contributed by atoms with Crippen molar-refractivity contribution in [1.29, 1.82) is 0 Å². The SMILES string of the molecule is C[C@@H](NC(=O)CCN1C(=O)C[C@@](C)(c2ccccc2)C1=O)c1nc2ccccc2n1C. The number of benzene rings is 2. The van der Waals surface area contributed by atoms with E-state index in [4.69, 9.17) is 0 Å². The highest BCUT2D eigenvalue weighted by atomic mass is 16.2. The van der Waals surface area contributed by atoms with Crippen molar-refractivity contribution >= 4 is 28.8 Å². The maximum Gasteiger partial charge on any atom is 0.240 e. The molecule has 31 heavy (non-hydrogen) atoms. The summed E-state index contributed by atoms with van der Waals surface area (Å²) >= 11 is 0. The number of fused-ring (bicyclic) bond motifs is 1. The summed E-state index contributed by atoms with van der Waals surface area (Å²) in [5.74, 6) is 0.0282. The third-order valence-corrected chi connectivity index (χ3v) is 6.08. The van der Waals surface area contributed by atoms with E-state index < -0.39 is 5.41 Å². The van der Waals surface area contributed by atoms with Crippen LogP contribution in [-0.4, -0.2) is 38.7 Å². The minimum atomic E-state index is -0.880. The number of carbonyl (C=O) groups excluding carboxylic acids is 3. The van der Waals surface area contributed by atoms with Gasteiger partial charge in [0.25, 0.3) is 0 Å². The van der Waals surface area contributed by atoms with Crippen LogP contribution in [0.4, 0.5) is 0 Å². The van der Waals surface area contributed by atoms with Crippen LogP contribution in [0.1, 0.15) is 44.1 Å². The third kappa shape index (κ3) is 3.71. The Bertz CT molecular complexity index is 1150. The van der Waals surface area contributed by atoms with Crippen LogP contribution in [0.3, 0.4) is 0 Å². The third-order valence-electron chi connectivity index (χ3n) is 6.08. The molecule has 0 saturated carbocycles. The lowest BCUT2D eigenvalue weighted by molar-refractivity contribution is -0.140. The van der Waals surface area contributed by atoms with Gasteiger partial charge in [-0.05, 0) is 31.5 Å². The van der Waals surface area contributed by atoms with E-state index in [0.717, 1.165) is 22.4 Å². The Hall–Kier alpha value is -3.48. The lowest BCUT2D eigenvalue weighted by Crippen LogP contribution is -2.39. The summed E-state index contributed by atoms with van der Waals surface area (Å²) in [7, 11) is 1.92. The average molecular weight is 418 g/mol. The molecule has 3 aromatic rings. The standard InChI is InChI=1S/C24H26N4O3/c1-16(22-26-18-11-7-8-12-19(18)27(22)3)25-20(29)13-14-28-21(30)15-24(2,23(28)31)17-9-5-4-6-10-17/h4-12,16H,13-15H2,1-3H3,(H,25,29)/t16-,24+/m1/s1. The molecule has 2 heterocycles. The van der Waals surface area contributed by atoms with E-state index in [-0.39, 0.29) is 43.1 Å². The highest BCUT2D eigenvalue weighted by Crippen LogP contribution is 2.36. The van der Waals surface area contributed by atoms with Gasteiger partial charge in [0.1, 0.15) is 5.82 Å². The fourth-order valence-electron chi connectivity index (χ4n) is 4.29. The van der Waals surface area contributed by atoms with Crippen LogP contribution in [0.25, 0.3) is 11.0 Å². The molecule has 1 aliphatic rings. The molecule has 1 aliphatic heterocycles. The molecular weight excluding hydrogens is 392 g/mol. The highest BCUT2D eigenvalue weighted by molar-refractivity contribution is 6.09. The molecule has 7 heteroatoms. The van der Waals surface area contributed by atoms with Crippen molar-refractivity contribution in [2.45, 2.75) is 38.1 Å². The monoisotopic (exact) mass is 418 g/mol. The van der Waals surface area contributed by atoms with Gasteiger partial charge in [0.2, 0.25) is 17.7 Å². The Kier molecular flexibility index (Phi) is 5.35. The summed E-state index contributed by atoms with van der Waals surface area (Å²) < 4.78 is 1.96. The number of para-hydroxylation sites is 2. The number of imidazole rings is 1. The van der Waals surface area contributed by atoms with Gasteiger partial charge in [-0.15, -0.1) is 0 Å². The molecule has 2 aromatic carbocycles. The second-order valence-corrected chi connectivity index (χ2v) is 8.28. The number of aryl methyl sites for hydroxylation is 1. The predicted octanol–water partition coefficient (Wildman–Crippen LogP) is 2.86. The van der Waals surface area contributed by atoms with Crippen molar-refractivity contribution in [3.05, 3.63) is 66.0 Å². The first-order valence-corrected chi connectivity index (χ1v) is 10.4. The molecule has 0 unspecified atom stereocenters. The molecule has 0 spiro atoms. The molecule has 160 valence electrons. The molecule has 1 saturated heterocycles. The number of nitrogens with one attached hydrogen (secondary N) is 1. The summed E-state index contributed by atoms with van der Waals surface area (Å²) in [4.78, 5) is 43.9. The number of rotatable bonds is 6. The first-order valence-electron chi connectivity index (χ1n) is 10.4. The van der Waals surface area contributed by atoms with Gasteiger partial charge >= 0.3 is 0 Å². The minimum Gasteiger partial charge on any atom is -0.346 e. The van der Waals surface area contributed by atoms with Crippen LogP contribution in [-0.2, 0) is 26.8 Å². The van der Waals surface area contributed by atoms with Crippen LogP contribution in [0.5, 0.6) is 0 Å². The van der Waals surface area contributed by atoms with E-state index in [1.807, 2.05) is 73.1 Å². The number of likely N-dealkylation sites (tertiary alicyclic amines) is 1. The van der Waals surface area contributed by atoms with E-state index in [9.17, 15) is 14.4 Å². The Morgan fingerprint density at radius 1 is 1.13 bits per heavy atom. The van der Waals surface area contributed by atoms with Gasteiger partial charge in [0, 0.05) is 26.4 Å². The number of hydrogen-bond acceptors (Lipinski definition) is 4. The normalized spacial score (nSPS) is 19.8. The molecule has 1 N–H and O–H groups in total. The molecule has 0 aliphatic carbocycles. The van der Waals surface area contributed by atoms with Crippen LogP contribution < -0.4 is 5.32 Å². The van der Waals surface area contributed by atoms with Gasteiger partial charge in [-0.1, -0.05) is 42.5 Å². The Labute approximate surface area is 181 Å². The lowest BCUT2D eigenvalue weighted by atomic mass is 9.81. The number of nitrogens with zero attached hydrogens (tertiary/aromatic N) is 3. The molecule has 1 aromatic heterocycles. The molecule has 0 radical (unpaired) electrons. The Morgan fingerprint density at radius 2 is 1.81 bits per heavy atom. The molecule has 2 atom stereocenters. The van der Waals surface area contributed by atoms with Gasteiger partial charge in [-0.3, -0.25) is 19.3 Å². The predicted molar refractivity (Wildman–Crippen MR) is 117 cm³/mol. The summed E-state index contributed by atoms with van der Waals surface area (Å²) in [5.41, 5.74) is 1.80. The molecular formula is C24H26N4O3. The fraction of sp³-hybridized carbons (Fsp3) is 0.333. The van der Waals surface area contributed by atoms with Crippen molar-refractivity contribution in [3.8, 4) is 0 Å². The van der Waals surface area contributed by atoms with Crippen LogP contribution in [0.15, 0.2) is 54.6 Å². The number of hydrogen-bond donors (Lipinski definition) is 1. The maximum absolute atomic E-state index is 13.0. The molecule has 3 amide bonds. The smallest absolute Gasteiger partial charge is 0.240 e. The fourth-order valence-corrected chi connectivity index (χ4v) is 4.29. The largest absolute Gasteiger partial charge is 0.346 e. The van der Waals surface area contributed by atoms with E-state index in [0.29, 0.717) is 0 Å². The Morgan fingerprint density at radius 3 is 2.52 bits per heavy atom. The second-order valence-electron chi connectivity index (χ2n) is 8.28. The lowest BCUT2D eigenvalue weighted by Gasteiger charge is -2.22. The molecule has 4 rings (SSSR count). The summed E-state index contributed by atoms with van der Waals surface area (Å²) in [6.07, 6.45) is 0.171. The number of imide groups is 1. The quantitative estimate of drug-likeness (QED) is 0.624. The number of carbonyl (C=O) groups is 3. The van der Waals surface area contributed by atoms with Gasteiger partial charge in [0.05, 0.1) is 22.5 Å². The van der Waals surface area contributed by atoms with Crippen molar-refractivity contribution in [3.63, 3.8) is 0 Å². The Balaban J connectivity index is 1.40. The molecule has 0 bridgehead atoms. The number of amides is 3. The first kappa shape index (κ1) is 20.8. The minimum absolute atomic E-state index is 0.0522. The van der Waals surface area contributed by atoms with Crippen molar-refractivity contribution < 1.29 is 14.4 Å². The van der Waals surface area contributed by atoms with Crippen molar-refractivity contribution in [2.75, 3.05) is 6.54 Å². The first-order chi connectivity index (χ1) is 14.8. The van der Waals surface area contributed by atoms with Gasteiger partial charge in [-0.2, -0.15) is 0 Å². The second kappa shape index (κ2) is 7.98. The van der Waals surface area contributed by atoms with Crippen LogP contribution in [0.2, 0.25) is 0 Å². The topological polar surface area (TPSA) is 84.3 Å². The van der Waals surface area contributed by atoms with E-state index in [1.54, 1.807) is 6.92 Å². The summed E-state index contributed by atoms with van der Waals surface area (Å²) in [5, 5.41) is 2.93. The zero-order chi connectivity index (χ0) is 22.2. The van der Waals surface area contributed by atoms with Gasteiger partial charge in [-0.25, -0.2) is 4.98 Å². The van der Waals surface area contributed by atoms with Gasteiger partial charge < -0.3 is 9.88 Å². The molecule has 7 nitrogen and oxygen atoms in total. The summed E-state index contributed by atoms with van der Waals surface area (Å²) in [6.45, 7) is 3.73. The maximum atomic E-state index is 13.0. The average Bonchev–Trinajstić information content (AvgIpc) is 3.21.